The Bertz CT molecular complexity index is 782. The van der Waals surface area contributed by atoms with Crippen LogP contribution in [0.25, 0.3) is 10.9 Å². The van der Waals surface area contributed by atoms with Crippen LogP contribution in [0.3, 0.4) is 0 Å². The number of hydrogen-bond donors (Lipinski definition) is 2. The molecule has 0 aliphatic carbocycles. The maximum Gasteiger partial charge on any atom is 0.252 e. The minimum Gasteiger partial charge on any atom is -0.361 e. The van der Waals surface area contributed by atoms with Gasteiger partial charge in [0.2, 0.25) is 0 Å². The van der Waals surface area contributed by atoms with Crippen molar-refractivity contribution in [1.29, 1.82) is 0 Å². The minimum absolute atomic E-state index is 0.178. The van der Waals surface area contributed by atoms with Crippen molar-refractivity contribution in [2.75, 3.05) is 6.54 Å². The predicted octanol–water partition coefficient (Wildman–Crippen LogP) is 3.19. The lowest BCUT2D eigenvalue weighted by molar-refractivity contribution is 0.0954. The van der Waals surface area contributed by atoms with Crippen LogP contribution in [-0.2, 0) is 6.42 Å². The fourth-order valence-electron chi connectivity index (χ4n) is 2.30. The second-order valence-electron chi connectivity index (χ2n) is 4.72. The van der Waals surface area contributed by atoms with E-state index in [1.165, 1.54) is 17.1 Å². The molecule has 0 spiro atoms. The molecule has 106 valence electrons. The fraction of sp³-hybridized carbons (Fsp3) is 0.125. The van der Waals surface area contributed by atoms with Gasteiger partial charge in [-0.25, -0.2) is 0 Å². The van der Waals surface area contributed by atoms with E-state index < -0.39 is 0 Å². The standard InChI is InChI=1S/C16H14ClN3O/c17-14-10-18-7-6-13(14)16(21)19-8-5-11-9-20-15-4-2-1-3-12(11)15/h1-4,6-7,9-10,20H,5,8H2,(H,19,21). The predicted molar refractivity (Wildman–Crippen MR) is 83.6 cm³/mol. The molecule has 0 fully saturated rings. The van der Waals surface area contributed by atoms with Crippen LogP contribution in [0.5, 0.6) is 0 Å². The normalized spacial score (nSPS) is 10.7. The van der Waals surface area contributed by atoms with Gasteiger partial charge in [0.1, 0.15) is 0 Å². The smallest absolute Gasteiger partial charge is 0.252 e. The molecule has 0 saturated carbocycles. The van der Waals surface area contributed by atoms with Gasteiger partial charge >= 0.3 is 0 Å². The lowest BCUT2D eigenvalue weighted by Gasteiger charge is -2.06. The average molecular weight is 300 g/mol. The van der Waals surface area contributed by atoms with Gasteiger partial charge in [0.25, 0.3) is 5.91 Å². The third-order valence-corrected chi connectivity index (χ3v) is 3.67. The number of nitrogens with one attached hydrogen (secondary N) is 2. The Morgan fingerprint density at radius 2 is 2.14 bits per heavy atom. The number of benzene rings is 1. The van der Waals surface area contributed by atoms with Crippen LogP contribution in [-0.4, -0.2) is 22.4 Å². The van der Waals surface area contributed by atoms with Gasteiger partial charge in [-0.3, -0.25) is 9.78 Å². The number of halogens is 1. The molecule has 0 aliphatic heterocycles. The molecular weight excluding hydrogens is 286 g/mol. The van der Waals surface area contributed by atoms with Gasteiger partial charge in [0.15, 0.2) is 0 Å². The van der Waals surface area contributed by atoms with Crippen molar-refractivity contribution in [2.24, 2.45) is 0 Å². The number of carbonyl (C=O) groups excluding carboxylic acids is 1. The number of para-hydroxylation sites is 1. The topological polar surface area (TPSA) is 57.8 Å². The number of aromatic nitrogens is 2. The Morgan fingerprint density at radius 3 is 3.00 bits per heavy atom. The van der Waals surface area contributed by atoms with E-state index in [9.17, 15) is 4.79 Å². The van der Waals surface area contributed by atoms with Crippen molar-refractivity contribution < 1.29 is 4.79 Å². The van der Waals surface area contributed by atoms with Gasteiger partial charge in [-0.05, 0) is 24.1 Å². The lowest BCUT2D eigenvalue weighted by atomic mass is 10.1. The summed E-state index contributed by atoms with van der Waals surface area (Å²) in [6.45, 7) is 0.555. The van der Waals surface area contributed by atoms with Crippen molar-refractivity contribution in [3.8, 4) is 0 Å². The van der Waals surface area contributed by atoms with Gasteiger partial charge < -0.3 is 10.3 Å². The molecule has 2 heterocycles. The molecule has 3 rings (SSSR count). The zero-order chi connectivity index (χ0) is 14.7. The maximum absolute atomic E-state index is 12.0. The van der Waals surface area contributed by atoms with Crippen molar-refractivity contribution >= 4 is 28.4 Å². The molecule has 4 nitrogen and oxygen atoms in total. The summed E-state index contributed by atoms with van der Waals surface area (Å²) < 4.78 is 0. The summed E-state index contributed by atoms with van der Waals surface area (Å²) in [5.74, 6) is -0.178. The van der Waals surface area contributed by atoms with Crippen LogP contribution in [0.4, 0.5) is 0 Å². The Kier molecular flexibility index (Phi) is 3.88. The monoisotopic (exact) mass is 299 g/mol. The van der Waals surface area contributed by atoms with Gasteiger partial charge in [-0.15, -0.1) is 0 Å². The number of hydrogen-bond acceptors (Lipinski definition) is 2. The fourth-order valence-corrected chi connectivity index (χ4v) is 2.51. The molecule has 1 amide bonds. The van der Waals surface area contributed by atoms with E-state index in [2.05, 4.69) is 21.4 Å². The number of fused-ring (bicyclic) bond motifs is 1. The Hall–Kier alpha value is -2.33. The highest BCUT2D eigenvalue weighted by atomic mass is 35.5. The summed E-state index contributed by atoms with van der Waals surface area (Å²) in [7, 11) is 0. The molecule has 0 radical (unpaired) electrons. The first kappa shape index (κ1) is 13.6. The first-order valence-electron chi connectivity index (χ1n) is 6.68. The Morgan fingerprint density at radius 1 is 1.29 bits per heavy atom. The highest BCUT2D eigenvalue weighted by Crippen LogP contribution is 2.18. The molecule has 0 atom stereocenters. The second-order valence-corrected chi connectivity index (χ2v) is 5.13. The molecule has 1 aromatic carbocycles. The molecule has 2 N–H and O–H groups in total. The van der Waals surface area contributed by atoms with Crippen LogP contribution in [0.15, 0.2) is 48.9 Å². The van der Waals surface area contributed by atoms with E-state index in [0.29, 0.717) is 17.1 Å². The lowest BCUT2D eigenvalue weighted by Crippen LogP contribution is -2.25. The summed E-state index contributed by atoms with van der Waals surface area (Å²) in [4.78, 5) is 19.1. The summed E-state index contributed by atoms with van der Waals surface area (Å²) in [6.07, 6.45) is 5.77. The largest absolute Gasteiger partial charge is 0.361 e. The Labute approximate surface area is 127 Å². The number of aromatic amines is 1. The van der Waals surface area contributed by atoms with Crippen molar-refractivity contribution in [3.63, 3.8) is 0 Å². The first-order chi connectivity index (χ1) is 10.3. The Balaban J connectivity index is 1.64. The molecule has 3 aromatic rings. The van der Waals surface area contributed by atoms with Gasteiger partial charge in [0, 0.05) is 36.0 Å². The number of H-pyrrole nitrogens is 1. The van der Waals surface area contributed by atoms with Crippen LogP contribution in [0.1, 0.15) is 15.9 Å². The zero-order valence-electron chi connectivity index (χ0n) is 11.3. The summed E-state index contributed by atoms with van der Waals surface area (Å²) >= 11 is 5.95. The molecule has 21 heavy (non-hydrogen) atoms. The second kappa shape index (κ2) is 5.97. The van der Waals surface area contributed by atoms with Crippen LogP contribution in [0.2, 0.25) is 5.02 Å². The average Bonchev–Trinajstić information content (AvgIpc) is 2.91. The molecule has 5 heteroatoms. The van der Waals surface area contributed by atoms with E-state index in [4.69, 9.17) is 11.6 Å². The van der Waals surface area contributed by atoms with Crippen molar-refractivity contribution in [2.45, 2.75) is 6.42 Å². The van der Waals surface area contributed by atoms with E-state index in [0.717, 1.165) is 11.9 Å². The SMILES string of the molecule is O=C(NCCc1c[nH]c2ccccc12)c1ccncc1Cl. The molecule has 0 unspecified atom stereocenters. The molecule has 0 bridgehead atoms. The molecule has 0 aliphatic rings. The van der Waals surface area contributed by atoms with Crippen LogP contribution >= 0.6 is 11.6 Å². The van der Waals surface area contributed by atoms with Gasteiger partial charge in [0.05, 0.1) is 10.6 Å². The van der Waals surface area contributed by atoms with Crippen LogP contribution in [0, 0.1) is 0 Å². The molecule has 2 aromatic heterocycles. The summed E-state index contributed by atoms with van der Waals surface area (Å²) in [6, 6.07) is 9.73. The van der Waals surface area contributed by atoms with Crippen molar-refractivity contribution in [1.82, 2.24) is 15.3 Å². The maximum atomic E-state index is 12.0. The van der Waals surface area contributed by atoms with E-state index in [1.54, 1.807) is 12.3 Å². The number of nitrogens with zero attached hydrogens (tertiary/aromatic N) is 1. The van der Waals surface area contributed by atoms with Gasteiger partial charge in [-0.2, -0.15) is 0 Å². The van der Waals surface area contributed by atoms with Crippen molar-refractivity contribution in [3.05, 3.63) is 65.1 Å². The third kappa shape index (κ3) is 2.90. The van der Waals surface area contributed by atoms with Crippen LogP contribution < -0.4 is 5.32 Å². The molecular formula is C16H14ClN3O. The summed E-state index contributed by atoms with van der Waals surface area (Å²) in [5.41, 5.74) is 2.74. The van der Waals surface area contributed by atoms with Gasteiger partial charge in [-0.1, -0.05) is 29.8 Å². The third-order valence-electron chi connectivity index (χ3n) is 3.37. The quantitative estimate of drug-likeness (QED) is 0.777. The number of pyridine rings is 1. The molecule has 0 saturated heterocycles. The first-order valence-corrected chi connectivity index (χ1v) is 7.06. The van der Waals surface area contributed by atoms with E-state index >= 15 is 0 Å². The highest BCUT2D eigenvalue weighted by Gasteiger charge is 2.09. The summed E-state index contributed by atoms with van der Waals surface area (Å²) in [5, 5.41) is 4.43. The van der Waals surface area contributed by atoms with E-state index in [1.807, 2.05) is 24.4 Å². The highest BCUT2D eigenvalue weighted by molar-refractivity contribution is 6.33. The number of amides is 1. The zero-order valence-corrected chi connectivity index (χ0v) is 12.0. The van der Waals surface area contributed by atoms with E-state index in [-0.39, 0.29) is 5.91 Å². The number of rotatable bonds is 4. The minimum atomic E-state index is -0.178. The number of carbonyl (C=O) groups is 1.